The molecule has 0 radical (unpaired) electrons. The molecule has 3 aromatic rings. The van der Waals surface area contributed by atoms with E-state index >= 15 is 0 Å². The van der Waals surface area contributed by atoms with Gasteiger partial charge in [0.05, 0.1) is 23.2 Å². The molecule has 0 spiro atoms. The van der Waals surface area contributed by atoms with Crippen LogP contribution in [-0.2, 0) is 24.7 Å². The lowest BCUT2D eigenvalue weighted by Gasteiger charge is -2.36. The number of rotatable bonds is 4. The maximum atomic E-state index is 14.0. The molecule has 0 aliphatic carbocycles. The Labute approximate surface area is 219 Å². The number of fused-ring (bicyclic) bond motifs is 1. The Morgan fingerprint density at radius 2 is 1.16 bits per heavy atom. The molecular weight excluding hydrogens is 480 g/mol. The van der Waals surface area contributed by atoms with Crippen molar-refractivity contribution in [3.63, 3.8) is 0 Å². The van der Waals surface area contributed by atoms with Gasteiger partial charge in [-0.3, -0.25) is 34.0 Å². The summed E-state index contributed by atoms with van der Waals surface area (Å²) in [5, 5.41) is 0. The molecule has 0 bridgehead atoms. The third kappa shape index (κ3) is 3.33. The number of carbonyl (C=O) groups is 4. The van der Waals surface area contributed by atoms with Gasteiger partial charge >= 0.3 is 0 Å². The number of anilines is 2. The molecule has 38 heavy (non-hydrogen) atoms. The van der Waals surface area contributed by atoms with Gasteiger partial charge in [0, 0.05) is 18.4 Å². The second-order valence-electron chi connectivity index (χ2n) is 10.2. The number of nitrogens with zero attached hydrogens (tertiary/aromatic N) is 3. The highest BCUT2D eigenvalue weighted by Gasteiger charge is 2.63. The summed E-state index contributed by atoms with van der Waals surface area (Å²) in [5.74, 6) is -3.50. The molecule has 2 N–H and O–H groups in total. The van der Waals surface area contributed by atoms with Gasteiger partial charge in [-0.2, -0.15) is 0 Å². The fourth-order valence-corrected chi connectivity index (χ4v) is 6.03. The third-order valence-electron chi connectivity index (χ3n) is 7.88. The molecular formula is C30H26N4O4. The fraction of sp³-hybridized carbons (Fsp3) is 0.233. The predicted octanol–water partition coefficient (Wildman–Crippen LogP) is 3.38. The van der Waals surface area contributed by atoms with Gasteiger partial charge in [0.1, 0.15) is 11.4 Å². The number of amidine groups is 1. The Kier molecular flexibility index (Phi) is 5.31. The summed E-state index contributed by atoms with van der Waals surface area (Å²) in [5.41, 5.74) is 8.99. The number of hydrogen-bond donors (Lipinski definition) is 1. The minimum Gasteiger partial charge on any atom is -0.383 e. The topological polar surface area (TPSA) is 113 Å². The number of imide groups is 2. The molecule has 0 saturated carbocycles. The zero-order valence-corrected chi connectivity index (χ0v) is 21.0. The van der Waals surface area contributed by atoms with Gasteiger partial charge in [0.15, 0.2) is 0 Å². The van der Waals surface area contributed by atoms with Crippen LogP contribution in [0.4, 0.5) is 11.4 Å². The SMILES string of the molecule is Cc1ccc(N2C(=O)CC(C3(C4CC(=O)N(c5ccc(C)cc5)C4=O)N=C(N)c4ccccc43)C2=O)cc1. The molecule has 8 nitrogen and oxygen atoms in total. The van der Waals surface area contributed by atoms with Gasteiger partial charge in [-0.1, -0.05) is 59.7 Å². The van der Waals surface area contributed by atoms with Crippen molar-refractivity contribution in [3.8, 4) is 0 Å². The van der Waals surface area contributed by atoms with E-state index in [0.29, 0.717) is 22.5 Å². The van der Waals surface area contributed by atoms with Crippen molar-refractivity contribution >= 4 is 40.8 Å². The monoisotopic (exact) mass is 506 g/mol. The second-order valence-corrected chi connectivity index (χ2v) is 10.2. The summed E-state index contributed by atoms with van der Waals surface area (Å²) < 4.78 is 0. The van der Waals surface area contributed by atoms with E-state index in [1.165, 1.54) is 0 Å². The minimum atomic E-state index is -1.49. The summed E-state index contributed by atoms with van der Waals surface area (Å²) in [7, 11) is 0. The summed E-state index contributed by atoms with van der Waals surface area (Å²) in [4.78, 5) is 61.8. The lowest BCUT2D eigenvalue weighted by molar-refractivity contribution is -0.127. The largest absolute Gasteiger partial charge is 0.383 e. The van der Waals surface area contributed by atoms with Crippen LogP contribution in [0, 0.1) is 25.7 Å². The van der Waals surface area contributed by atoms with E-state index < -0.39 is 29.2 Å². The Balaban J connectivity index is 1.49. The molecule has 2 unspecified atom stereocenters. The van der Waals surface area contributed by atoms with Gasteiger partial charge in [-0.05, 0) is 43.7 Å². The summed E-state index contributed by atoms with van der Waals surface area (Å²) in [6.07, 6.45) is -0.305. The van der Waals surface area contributed by atoms with Crippen molar-refractivity contribution in [3.05, 3.63) is 95.1 Å². The smallest absolute Gasteiger partial charge is 0.240 e. The molecule has 3 aromatic carbocycles. The first kappa shape index (κ1) is 23.8. The lowest BCUT2D eigenvalue weighted by atomic mass is 9.68. The van der Waals surface area contributed by atoms with Gasteiger partial charge in [-0.15, -0.1) is 0 Å². The van der Waals surface area contributed by atoms with Crippen LogP contribution in [0.15, 0.2) is 77.8 Å². The molecule has 6 rings (SSSR count). The minimum absolute atomic E-state index is 0.152. The van der Waals surface area contributed by atoms with E-state index in [2.05, 4.69) is 0 Å². The van der Waals surface area contributed by atoms with Crippen molar-refractivity contribution in [2.75, 3.05) is 9.80 Å². The first-order chi connectivity index (χ1) is 18.2. The predicted molar refractivity (Wildman–Crippen MR) is 142 cm³/mol. The van der Waals surface area contributed by atoms with Crippen molar-refractivity contribution < 1.29 is 19.2 Å². The summed E-state index contributed by atoms with van der Waals surface area (Å²) in [6.45, 7) is 3.84. The van der Waals surface area contributed by atoms with Crippen LogP contribution < -0.4 is 15.5 Å². The molecule has 2 fully saturated rings. The maximum Gasteiger partial charge on any atom is 0.240 e. The second kappa shape index (κ2) is 8.48. The number of carbonyl (C=O) groups excluding carboxylic acids is 4. The Hall–Kier alpha value is -4.59. The van der Waals surface area contributed by atoms with Crippen LogP contribution in [0.5, 0.6) is 0 Å². The van der Waals surface area contributed by atoms with Gasteiger partial charge < -0.3 is 5.73 Å². The number of benzene rings is 3. The molecule has 2 saturated heterocycles. The number of hydrogen-bond acceptors (Lipinski definition) is 6. The van der Waals surface area contributed by atoms with Crippen molar-refractivity contribution in [2.24, 2.45) is 22.6 Å². The van der Waals surface area contributed by atoms with E-state index in [4.69, 9.17) is 10.7 Å². The fourth-order valence-electron chi connectivity index (χ4n) is 6.03. The van der Waals surface area contributed by atoms with E-state index in [1.54, 1.807) is 48.5 Å². The van der Waals surface area contributed by atoms with Crippen LogP contribution in [0.2, 0.25) is 0 Å². The highest BCUT2D eigenvalue weighted by atomic mass is 16.2. The number of nitrogens with two attached hydrogens (primary N) is 1. The van der Waals surface area contributed by atoms with Crippen LogP contribution in [0.1, 0.15) is 35.1 Å². The molecule has 190 valence electrons. The highest BCUT2D eigenvalue weighted by molar-refractivity contribution is 6.24. The van der Waals surface area contributed by atoms with Crippen LogP contribution in [0.3, 0.4) is 0 Å². The Morgan fingerprint density at radius 3 is 1.63 bits per heavy atom. The molecule has 2 atom stereocenters. The van der Waals surface area contributed by atoms with Crippen LogP contribution in [0.25, 0.3) is 0 Å². The normalized spacial score (nSPS) is 24.8. The third-order valence-corrected chi connectivity index (χ3v) is 7.88. The van der Waals surface area contributed by atoms with E-state index in [0.717, 1.165) is 20.9 Å². The standard InChI is InChI=1S/C30H26N4O4/c1-17-7-11-19(12-8-17)33-25(35)15-23(28(33)37)30(22-6-4-3-5-21(22)27(31)32-30)24-16-26(36)34(29(24)38)20-13-9-18(2)10-14-20/h3-14,23-24H,15-16H2,1-2H3,(H2,31,32). The van der Waals surface area contributed by atoms with Crippen molar-refractivity contribution in [1.29, 1.82) is 0 Å². The average molecular weight is 507 g/mol. The van der Waals surface area contributed by atoms with Crippen molar-refractivity contribution in [2.45, 2.75) is 32.2 Å². The van der Waals surface area contributed by atoms with E-state index in [-0.39, 0.29) is 30.5 Å². The summed E-state index contributed by atoms with van der Waals surface area (Å²) >= 11 is 0. The quantitative estimate of drug-likeness (QED) is 0.545. The van der Waals surface area contributed by atoms with Gasteiger partial charge in [0.25, 0.3) is 0 Å². The molecule has 4 amide bonds. The van der Waals surface area contributed by atoms with Crippen LogP contribution >= 0.6 is 0 Å². The number of aryl methyl sites for hydroxylation is 2. The maximum absolute atomic E-state index is 14.0. The molecule has 3 aliphatic rings. The van der Waals surface area contributed by atoms with Crippen LogP contribution in [-0.4, -0.2) is 29.5 Å². The summed E-state index contributed by atoms with van der Waals surface area (Å²) in [6, 6.07) is 21.4. The van der Waals surface area contributed by atoms with Gasteiger partial charge in [0.2, 0.25) is 23.6 Å². The van der Waals surface area contributed by atoms with Crippen molar-refractivity contribution in [1.82, 2.24) is 0 Å². The Bertz CT molecular complexity index is 1460. The zero-order valence-electron chi connectivity index (χ0n) is 21.0. The number of amides is 4. The molecule has 3 aliphatic heterocycles. The first-order valence-corrected chi connectivity index (χ1v) is 12.5. The van der Waals surface area contributed by atoms with E-state index in [9.17, 15) is 19.2 Å². The van der Waals surface area contributed by atoms with E-state index in [1.807, 2.05) is 38.1 Å². The Morgan fingerprint density at radius 1 is 0.711 bits per heavy atom. The molecule has 8 heteroatoms. The highest BCUT2D eigenvalue weighted by Crippen LogP contribution is 2.54. The molecule has 0 aromatic heterocycles. The van der Waals surface area contributed by atoms with Gasteiger partial charge in [-0.25, -0.2) is 0 Å². The zero-order chi connectivity index (χ0) is 26.8. The molecule has 3 heterocycles. The number of aliphatic imine (C=N–C) groups is 1. The average Bonchev–Trinajstić information content (AvgIpc) is 3.49. The lowest BCUT2D eigenvalue weighted by Crippen LogP contribution is -2.47. The first-order valence-electron chi connectivity index (χ1n) is 12.5.